The number of esters is 1. The van der Waals surface area contributed by atoms with Crippen molar-refractivity contribution in [3.63, 3.8) is 0 Å². The van der Waals surface area contributed by atoms with Crippen LogP contribution in [0.2, 0.25) is 0 Å². The van der Waals surface area contributed by atoms with E-state index in [-0.39, 0.29) is 18.5 Å². The molecule has 3 N–H and O–H groups in total. The number of ether oxygens (including phenoxy) is 1. The second-order valence-corrected chi connectivity index (χ2v) is 26.7. The van der Waals surface area contributed by atoms with Crippen molar-refractivity contribution < 1.29 is 24.5 Å². The Kier molecular flexibility index (Phi) is 72.3. The lowest BCUT2D eigenvalue weighted by Crippen LogP contribution is -2.45. The van der Waals surface area contributed by atoms with Gasteiger partial charge in [-0.1, -0.05) is 391 Å². The summed E-state index contributed by atoms with van der Waals surface area (Å²) in [5.41, 5.74) is 0. The number of hydrogen-bond donors (Lipinski definition) is 3. The summed E-state index contributed by atoms with van der Waals surface area (Å²) in [5.74, 6) is -0.0475. The smallest absolute Gasteiger partial charge is 0.305 e. The van der Waals surface area contributed by atoms with E-state index >= 15 is 0 Å². The molecule has 0 aromatic heterocycles. The molecule has 2 atom stereocenters. The number of nitrogens with one attached hydrogen (secondary N) is 1. The molecule has 0 aliphatic rings. The van der Waals surface area contributed by atoms with E-state index in [1.54, 1.807) is 6.08 Å². The SMILES string of the molecule is CCCCC/C=C\CCCCCCCC(=O)OCCCCCCCCCCCCCCCCCCCCCCCCCCCCCCCCCC(=O)NC(CO)C(O)/C=C/CCCCCCCCCCCCCCCCCCCCCCCC. The molecule has 84 heavy (non-hydrogen) atoms. The van der Waals surface area contributed by atoms with Crippen LogP contribution < -0.4 is 5.32 Å². The van der Waals surface area contributed by atoms with E-state index in [0.29, 0.717) is 19.4 Å². The van der Waals surface area contributed by atoms with E-state index in [1.165, 1.54) is 366 Å². The van der Waals surface area contributed by atoms with Gasteiger partial charge >= 0.3 is 5.97 Å². The van der Waals surface area contributed by atoms with Gasteiger partial charge in [0.15, 0.2) is 0 Å². The maximum Gasteiger partial charge on any atom is 0.305 e. The summed E-state index contributed by atoms with van der Waals surface area (Å²) in [6.45, 7) is 4.93. The predicted octanol–water partition coefficient (Wildman–Crippen LogP) is 25.3. The van der Waals surface area contributed by atoms with Crippen LogP contribution in [0.1, 0.15) is 438 Å². The minimum absolute atomic E-state index is 0.0111. The average molecular weight is 1180 g/mol. The third kappa shape index (κ3) is 69.4. The van der Waals surface area contributed by atoms with Gasteiger partial charge in [0.2, 0.25) is 5.91 Å². The Morgan fingerprint density at radius 1 is 0.321 bits per heavy atom. The first-order valence-corrected chi connectivity index (χ1v) is 38.6. The first-order chi connectivity index (χ1) is 41.5. The lowest BCUT2D eigenvalue weighted by molar-refractivity contribution is -0.143. The highest BCUT2D eigenvalue weighted by Gasteiger charge is 2.18. The van der Waals surface area contributed by atoms with Crippen molar-refractivity contribution in [1.29, 1.82) is 0 Å². The largest absolute Gasteiger partial charge is 0.466 e. The molecule has 0 heterocycles. The summed E-state index contributed by atoms with van der Waals surface area (Å²) in [6, 6.07) is -0.626. The molecule has 498 valence electrons. The van der Waals surface area contributed by atoms with Crippen LogP contribution in [0.15, 0.2) is 24.3 Å². The molecule has 0 radical (unpaired) electrons. The van der Waals surface area contributed by atoms with Crippen molar-refractivity contribution in [1.82, 2.24) is 5.32 Å². The number of carbonyl (C=O) groups excluding carboxylic acids is 2. The highest BCUT2D eigenvalue weighted by Crippen LogP contribution is 2.20. The number of hydrogen-bond acceptors (Lipinski definition) is 5. The van der Waals surface area contributed by atoms with Crippen LogP contribution >= 0.6 is 0 Å². The van der Waals surface area contributed by atoms with Gasteiger partial charge in [-0.05, 0) is 57.8 Å². The fourth-order valence-corrected chi connectivity index (χ4v) is 12.3. The number of amides is 1. The van der Waals surface area contributed by atoms with Crippen molar-refractivity contribution in [3.05, 3.63) is 24.3 Å². The van der Waals surface area contributed by atoms with Crippen LogP contribution in [0.25, 0.3) is 0 Å². The van der Waals surface area contributed by atoms with Gasteiger partial charge < -0.3 is 20.3 Å². The van der Waals surface area contributed by atoms with Gasteiger partial charge in [-0.3, -0.25) is 9.59 Å². The fraction of sp³-hybridized carbons (Fsp3) is 0.923. The Morgan fingerprint density at radius 2 is 0.560 bits per heavy atom. The van der Waals surface area contributed by atoms with E-state index in [4.69, 9.17) is 4.74 Å². The Labute approximate surface area is 526 Å². The monoisotopic (exact) mass is 1180 g/mol. The predicted molar refractivity (Wildman–Crippen MR) is 370 cm³/mol. The number of unbranched alkanes of at least 4 members (excludes halogenated alkanes) is 60. The zero-order chi connectivity index (χ0) is 60.6. The van der Waals surface area contributed by atoms with Gasteiger partial charge in [0.25, 0.3) is 0 Å². The van der Waals surface area contributed by atoms with Gasteiger partial charge in [-0.2, -0.15) is 0 Å². The molecule has 0 bridgehead atoms. The zero-order valence-corrected chi connectivity index (χ0v) is 57.2. The van der Waals surface area contributed by atoms with Crippen molar-refractivity contribution in [3.8, 4) is 0 Å². The van der Waals surface area contributed by atoms with E-state index in [2.05, 4.69) is 31.3 Å². The molecule has 0 rings (SSSR count). The molecule has 0 saturated carbocycles. The minimum atomic E-state index is -0.843. The summed E-state index contributed by atoms with van der Waals surface area (Å²) < 4.78 is 5.48. The van der Waals surface area contributed by atoms with E-state index in [1.807, 2.05) is 6.08 Å². The van der Waals surface area contributed by atoms with Crippen LogP contribution in [0.4, 0.5) is 0 Å². The number of carbonyl (C=O) groups is 2. The molecule has 0 aliphatic heterocycles. The van der Waals surface area contributed by atoms with Gasteiger partial charge in [0.05, 0.1) is 25.4 Å². The highest BCUT2D eigenvalue weighted by molar-refractivity contribution is 5.76. The molecule has 0 aliphatic carbocycles. The fourth-order valence-electron chi connectivity index (χ4n) is 12.3. The lowest BCUT2D eigenvalue weighted by Gasteiger charge is -2.20. The normalized spacial score (nSPS) is 12.6. The quantitative estimate of drug-likeness (QED) is 0.0320. The van der Waals surface area contributed by atoms with E-state index < -0.39 is 12.1 Å². The summed E-state index contributed by atoms with van der Waals surface area (Å²) in [7, 11) is 0. The van der Waals surface area contributed by atoms with Crippen molar-refractivity contribution in [2.75, 3.05) is 13.2 Å². The molecule has 1 amide bonds. The summed E-state index contributed by atoms with van der Waals surface area (Å²) >= 11 is 0. The second-order valence-electron chi connectivity index (χ2n) is 26.7. The highest BCUT2D eigenvalue weighted by atomic mass is 16.5. The molecule has 0 aromatic carbocycles. The average Bonchev–Trinajstić information content (AvgIpc) is 3.50. The first kappa shape index (κ1) is 82.3. The van der Waals surface area contributed by atoms with E-state index in [9.17, 15) is 19.8 Å². The van der Waals surface area contributed by atoms with E-state index in [0.717, 1.165) is 44.9 Å². The van der Waals surface area contributed by atoms with Crippen LogP contribution in [-0.4, -0.2) is 47.4 Å². The van der Waals surface area contributed by atoms with Gasteiger partial charge in [-0.15, -0.1) is 0 Å². The Morgan fingerprint density at radius 3 is 0.869 bits per heavy atom. The zero-order valence-electron chi connectivity index (χ0n) is 57.2. The summed E-state index contributed by atoms with van der Waals surface area (Å²) in [6.07, 6.45) is 94.4. The summed E-state index contributed by atoms with van der Waals surface area (Å²) in [4.78, 5) is 24.6. The second kappa shape index (κ2) is 73.8. The Balaban J connectivity index is 3.36. The molecular formula is C78H151NO5. The Bertz CT molecular complexity index is 1320. The number of aliphatic hydroxyl groups is 2. The molecular weight excluding hydrogens is 1030 g/mol. The topological polar surface area (TPSA) is 95.9 Å². The minimum Gasteiger partial charge on any atom is -0.466 e. The van der Waals surface area contributed by atoms with Crippen molar-refractivity contribution >= 4 is 11.9 Å². The maximum absolute atomic E-state index is 12.6. The third-order valence-corrected chi connectivity index (χ3v) is 18.2. The molecule has 0 fully saturated rings. The van der Waals surface area contributed by atoms with Crippen LogP contribution in [-0.2, 0) is 14.3 Å². The number of aliphatic hydroxyl groups excluding tert-OH is 2. The maximum atomic E-state index is 12.6. The van der Waals surface area contributed by atoms with Gasteiger partial charge in [0, 0.05) is 12.8 Å². The Hall–Kier alpha value is -1.66. The molecule has 6 heteroatoms. The number of rotatable bonds is 73. The molecule has 0 saturated heterocycles. The van der Waals surface area contributed by atoms with Crippen LogP contribution in [0, 0.1) is 0 Å². The third-order valence-electron chi connectivity index (χ3n) is 18.2. The molecule has 0 aromatic rings. The summed E-state index contributed by atoms with van der Waals surface area (Å²) in [5, 5.41) is 23.3. The van der Waals surface area contributed by atoms with Crippen LogP contribution in [0.3, 0.4) is 0 Å². The first-order valence-electron chi connectivity index (χ1n) is 38.6. The number of allylic oxidation sites excluding steroid dienone is 3. The molecule has 6 nitrogen and oxygen atoms in total. The molecule has 2 unspecified atom stereocenters. The lowest BCUT2D eigenvalue weighted by atomic mass is 10.0. The molecule has 0 spiro atoms. The van der Waals surface area contributed by atoms with Crippen molar-refractivity contribution in [2.24, 2.45) is 0 Å². The van der Waals surface area contributed by atoms with Gasteiger partial charge in [-0.25, -0.2) is 0 Å². The van der Waals surface area contributed by atoms with Crippen molar-refractivity contribution in [2.45, 2.75) is 450 Å². The van der Waals surface area contributed by atoms with Crippen LogP contribution in [0.5, 0.6) is 0 Å². The van der Waals surface area contributed by atoms with Gasteiger partial charge in [0.1, 0.15) is 0 Å². The standard InChI is InChI=1S/C78H151NO5/c1-3-5-7-9-11-13-15-17-18-19-20-21-22-32-35-38-41-44-47-50-54-58-62-66-70-76(81)75(74-80)79-77(82)71-67-63-59-55-51-48-45-42-39-36-33-30-28-26-24-23-25-27-29-31-34-37-40-43-46-49-53-57-61-65-69-73-84-78(83)72-68-64-60-56-52-16-14-12-10-8-6-4-2/h12,14,66,70,75-76,80-81H,3-11,13,15-65,67-69,71-74H2,1-2H3,(H,79,82)/b14-12-,70-66+.